The number of aromatic amines is 1. The lowest BCUT2D eigenvalue weighted by Gasteiger charge is -2.30. The van der Waals surface area contributed by atoms with Crippen LogP contribution in [0.1, 0.15) is 33.9 Å². The number of H-pyrrole nitrogens is 1. The number of hydrogen-bond acceptors (Lipinski definition) is 10. The highest BCUT2D eigenvalue weighted by atomic mass is 31.2. The molecule has 0 bridgehead atoms. The summed E-state index contributed by atoms with van der Waals surface area (Å²) in [5.41, 5.74) is -5.61. The van der Waals surface area contributed by atoms with Crippen LogP contribution in [0.2, 0.25) is 0 Å². The van der Waals surface area contributed by atoms with Gasteiger partial charge in [0, 0.05) is 12.3 Å². The van der Waals surface area contributed by atoms with Gasteiger partial charge in [-0.1, -0.05) is 24.1 Å². The summed E-state index contributed by atoms with van der Waals surface area (Å²) >= 11 is 0. The van der Waals surface area contributed by atoms with Gasteiger partial charge < -0.3 is 24.2 Å². The first-order valence-electron chi connectivity index (χ1n) is 11.6. The van der Waals surface area contributed by atoms with Crippen LogP contribution in [-0.2, 0) is 23.4 Å². The predicted molar refractivity (Wildman–Crippen MR) is 134 cm³/mol. The Morgan fingerprint density at radius 3 is 2.55 bits per heavy atom. The molecular weight excluding hydrogens is 521 g/mol. The van der Waals surface area contributed by atoms with Gasteiger partial charge in [-0.05, 0) is 39.8 Å². The molecule has 1 aromatic heterocycles. The van der Waals surface area contributed by atoms with Gasteiger partial charge in [0.2, 0.25) is 0 Å². The summed E-state index contributed by atoms with van der Waals surface area (Å²) in [6.45, 7) is 5.48. The van der Waals surface area contributed by atoms with E-state index in [-0.39, 0.29) is 5.75 Å². The third-order valence-corrected chi connectivity index (χ3v) is 7.24. The van der Waals surface area contributed by atoms with Gasteiger partial charge in [0.05, 0.1) is 12.7 Å². The van der Waals surface area contributed by atoms with Crippen LogP contribution in [0.15, 0.2) is 52.2 Å². The lowest BCUT2D eigenvalue weighted by molar-refractivity contribution is -0.153. The standard InChI is InChI=1S/C24H30N3O10P/c1-6-24(32)19(29)17(36-20(24)27-13-12-18(28)25-22(27)31)14-34-38(33,37-16-10-8-7-9-11-16)26-23(4,5)21(30)35-15(2)3/h1,7-13,15,17,19-20,29,32H,14H2,2-5H3,(H,26,33)(H,25,28,31). The van der Waals surface area contributed by atoms with E-state index in [9.17, 15) is 29.2 Å². The molecule has 2 aromatic rings. The van der Waals surface area contributed by atoms with Crippen molar-refractivity contribution < 1.29 is 38.1 Å². The van der Waals surface area contributed by atoms with E-state index in [0.29, 0.717) is 0 Å². The Morgan fingerprint density at radius 2 is 1.97 bits per heavy atom. The van der Waals surface area contributed by atoms with E-state index in [1.54, 1.807) is 32.0 Å². The van der Waals surface area contributed by atoms with Crippen LogP contribution in [0.3, 0.4) is 0 Å². The molecule has 1 saturated heterocycles. The largest absolute Gasteiger partial charge is 0.462 e. The smallest absolute Gasteiger partial charge is 0.459 e. The van der Waals surface area contributed by atoms with E-state index in [4.69, 9.17) is 24.9 Å². The number of aromatic nitrogens is 2. The number of nitrogens with one attached hydrogen (secondary N) is 2. The third-order valence-electron chi connectivity index (χ3n) is 5.47. The molecule has 38 heavy (non-hydrogen) atoms. The van der Waals surface area contributed by atoms with Gasteiger partial charge in [-0.3, -0.25) is 23.7 Å². The molecule has 2 heterocycles. The van der Waals surface area contributed by atoms with Crippen LogP contribution in [-0.4, -0.2) is 61.8 Å². The summed E-state index contributed by atoms with van der Waals surface area (Å²) < 4.78 is 36.6. The number of esters is 1. The fourth-order valence-electron chi connectivity index (χ4n) is 3.57. The third kappa shape index (κ3) is 6.42. The van der Waals surface area contributed by atoms with Gasteiger partial charge >= 0.3 is 19.4 Å². The van der Waals surface area contributed by atoms with E-state index in [0.717, 1.165) is 16.8 Å². The topological polar surface area (TPSA) is 178 Å². The van der Waals surface area contributed by atoms with Crippen molar-refractivity contribution in [3.05, 3.63) is 63.4 Å². The molecule has 4 N–H and O–H groups in total. The number of ether oxygens (including phenoxy) is 2. The Kier molecular flexibility index (Phi) is 8.68. The summed E-state index contributed by atoms with van der Waals surface area (Å²) in [4.78, 5) is 38.3. The number of nitrogens with zero attached hydrogens (tertiary/aromatic N) is 1. The summed E-state index contributed by atoms with van der Waals surface area (Å²) in [7, 11) is -4.39. The number of para-hydroxylation sites is 1. The molecule has 1 aliphatic heterocycles. The highest BCUT2D eigenvalue weighted by Gasteiger charge is 2.56. The number of carbonyl (C=O) groups is 1. The molecule has 0 aliphatic carbocycles. The van der Waals surface area contributed by atoms with Crippen molar-refractivity contribution in [3.63, 3.8) is 0 Å². The van der Waals surface area contributed by atoms with Crippen molar-refractivity contribution in [2.45, 2.75) is 63.4 Å². The SMILES string of the molecule is C#CC1(O)C(O)C(COP(=O)(NC(C)(C)C(=O)OC(C)C)Oc2ccccc2)OC1n1ccc(=O)[nH]c1=O. The zero-order valence-corrected chi connectivity index (χ0v) is 22.1. The number of rotatable bonds is 10. The van der Waals surface area contributed by atoms with Crippen molar-refractivity contribution in [3.8, 4) is 18.1 Å². The van der Waals surface area contributed by atoms with Crippen LogP contribution < -0.4 is 20.9 Å². The fourth-order valence-corrected chi connectivity index (χ4v) is 5.25. The molecule has 1 fully saturated rings. The van der Waals surface area contributed by atoms with Gasteiger partial charge in [0.15, 0.2) is 11.8 Å². The number of carbonyl (C=O) groups excluding carboxylic acids is 1. The molecule has 206 valence electrons. The van der Waals surface area contributed by atoms with Crippen LogP contribution in [0.25, 0.3) is 0 Å². The number of benzene rings is 1. The lowest BCUT2D eigenvalue weighted by atomic mass is 9.95. The van der Waals surface area contributed by atoms with Gasteiger partial charge in [-0.25, -0.2) is 9.36 Å². The van der Waals surface area contributed by atoms with Crippen LogP contribution >= 0.6 is 7.75 Å². The Labute approximate surface area is 218 Å². The van der Waals surface area contributed by atoms with E-state index < -0.39 is 67.3 Å². The number of aliphatic hydroxyl groups excluding tert-OH is 1. The number of hydrogen-bond donors (Lipinski definition) is 4. The Balaban J connectivity index is 1.87. The maximum absolute atomic E-state index is 13.8. The van der Waals surface area contributed by atoms with Gasteiger partial charge in [0.25, 0.3) is 5.56 Å². The van der Waals surface area contributed by atoms with Crippen molar-refractivity contribution in [1.29, 1.82) is 0 Å². The van der Waals surface area contributed by atoms with Crippen molar-refractivity contribution in [2.75, 3.05) is 6.61 Å². The molecule has 0 saturated carbocycles. The van der Waals surface area contributed by atoms with E-state index in [1.807, 2.05) is 10.9 Å². The summed E-state index contributed by atoms with van der Waals surface area (Å²) in [5, 5.41) is 24.3. The normalized spacial score (nSPS) is 24.9. The van der Waals surface area contributed by atoms with Crippen LogP contribution in [0.4, 0.5) is 0 Å². The molecular formula is C24H30N3O10P. The van der Waals surface area contributed by atoms with Gasteiger partial charge in [0.1, 0.15) is 23.5 Å². The molecule has 1 aliphatic rings. The molecule has 0 radical (unpaired) electrons. The second-order valence-electron chi connectivity index (χ2n) is 9.35. The van der Waals surface area contributed by atoms with E-state index in [2.05, 4.69) is 5.09 Å². The second kappa shape index (κ2) is 11.2. The average Bonchev–Trinajstić information content (AvgIpc) is 3.08. The molecule has 3 rings (SSSR count). The summed E-state index contributed by atoms with van der Waals surface area (Å²) in [6, 6.07) is 8.98. The van der Waals surface area contributed by atoms with Crippen molar-refractivity contribution in [1.82, 2.24) is 14.6 Å². The van der Waals surface area contributed by atoms with E-state index >= 15 is 0 Å². The Morgan fingerprint density at radius 1 is 1.32 bits per heavy atom. The quantitative estimate of drug-likeness (QED) is 0.185. The number of aliphatic hydroxyl groups is 2. The minimum Gasteiger partial charge on any atom is -0.462 e. The highest BCUT2D eigenvalue weighted by Crippen LogP contribution is 2.48. The second-order valence-corrected chi connectivity index (χ2v) is 11.0. The first-order valence-corrected chi connectivity index (χ1v) is 13.1. The Hall–Kier alpha value is -3.24. The minimum absolute atomic E-state index is 0.141. The summed E-state index contributed by atoms with van der Waals surface area (Å²) in [5.74, 6) is 1.42. The van der Waals surface area contributed by atoms with Crippen LogP contribution in [0.5, 0.6) is 5.75 Å². The fraction of sp³-hybridized carbons (Fsp3) is 0.458. The zero-order chi connectivity index (χ0) is 28.3. The monoisotopic (exact) mass is 551 g/mol. The predicted octanol–water partition coefficient (Wildman–Crippen LogP) is 0.683. The van der Waals surface area contributed by atoms with Gasteiger partial charge in [-0.2, -0.15) is 5.09 Å². The molecule has 5 unspecified atom stereocenters. The molecule has 5 atom stereocenters. The molecule has 13 nitrogen and oxygen atoms in total. The lowest BCUT2D eigenvalue weighted by Crippen LogP contribution is -2.49. The van der Waals surface area contributed by atoms with Crippen molar-refractivity contribution in [2.24, 2.45) is 0 Å². The maximum atomic E-state index is 13.8. The molecule has 0 spiro atoms. The molecule has 0 amide bonds. The molecule has 14 heteroatoms. The molecule has 1 aromatic carbocycles. The van der Waals surface area contributed by atoms with Crippen molar-refractivity contribution >= 4 is 13.7 Å². The van der Waals surface area contributed by atoms with E-state index in [1.165, 1.54) is 26.0 Å². The maximum Gasteiger partial charge on any atom is 0.459 e. The zero-order valence-electron chi connectivity index (χ0n) is 21.2. The van der Waals surface area contributed by atoms with Gasteiger partial charge in [-0.15, -0.1) is 6.42 Å². The average molecular weight is 551 g/mol. The minimum atomic E-state index is -4.39. The first kappa shape index (κ1) is 29.3. The highest BCUT2D eigenvalue weighted by molar-refractivity contribution is 7.52. The summed E-state index contributed by atoms with van der Waals surface area (Å²) in [6.07, 6.45) is 1.19. The Bertz CT molecular complexity index is 1350. The number of terminal acetylenes is 1. The van der Waals surface area contributed by atoms with Crippen LogP contribution in [0, 0.1) is 12.3 Å². The first-order chi connectivity index (χ1) is 17.7.